The minimum absolute atomic E-state index is 0.158. The number of nitro benzene ring substituents is 1. The van der Waals surface area contributed by atoms with E-state index in [1.165, 1.54) is 14.2 Å². The highest BCUT2D eigenvalue weighted by atomic mass is 16.6. The summed E-state index contributed by atoms with van der Waals surface area (Å²) in [7, 11) is 2.39. The van der Waals surface area contributed by atoms with E-state index in [1.54, 1.807) is 0 Å². The highest BCUT2D eigenvalue weighted by molar-refractivity contribution is 5.88. The van der Waals surface area contributed by atoms with E-state index in [-0.39, 0.29) is 23.3 Å². The van der Waals surface area contributed by atoms with Crippen LogP contribution in [-0.2, 0) is 0 Å². The lowest BCUT2D eigenvalue weighted by Crippen LogP contribution is -2.00. The average Bonchev–Trinajstić information content (AvgIpc) is 2.27. The zero-order chi connectivity index (χ0) is 12.3. The fraction of sp³-hybridized carbons (Fsp3) is 0.222. The van der Waals surface area contributed by atoms with Crippen LogP contribution in [0.4, 0.5) is 5.69 Å². The highest BCUT2D eigenvalue weighted by Gasteiger charge is 2.25. The Morgan fingerprint density at radius 2 is 2.06 bits per heavy atom. The topological polar surface area (TPSA) is 98.9 Å². The van der Waals surface area contributed by atoms with Crippen LogP contribution in [-0.4, -0.2) is 30.5 Å². The van der Waals surface area contributed by atoms with Crippen LogP contribution in [0, 0.1) is 10.1 Å². The molecule has 0 saturated carbocycles. The second-order valence-electron chi connectivity index (χ2n) is 2.77. The summed E-state index contributed by atoms with van der Waals surface area (Å²) in [5, 5.41) is 20.2. The largest absolute Gasteiger partial charge is 0.504 e. The number of phenolic OH excluding ortho intramolecular Hbond substituents is 1. The summed E-state index contributed by atoms with van der Waals surface area (Å²) in [6.07, 6.45) is 0.268. The van der Waals surface area contributed by atoms with Gasteiger partial charge in [0.2, 0.25) is 5.75 Å². The summed E-state index contributed by atoms with van der Waals surface area (Å²) in [5.74, 6) is -0.937. The van der Waals surface area contributed by atoms with Crippen molar-refractivity contribution in [3.05, 3.63) is 21.7 Å². The fourth-order valence-corrected chi connectivity index (χ4v) is 1.25. The summed E-state index contributed by atoms with van der Waals surface area (Å²) in [6, 6.07) is 0.987. The maximum atomic E-state index is 10.7. The van der Waals surface area contributed by atoms with E-state index < -0.39 is 16.4 Å². The molecule has 0 unspecified atom stereocenters. The van der Waals surface area contributed by atoms with Gasteiger partial charge >= 0.3 is 5.69 Å². The lowest BCUT2D eigenvalue weighted by Gasteiger charge is -2.09. The summed E-state index contributed by atoms with van der Waals surface area (Å²) in [6.45, 7) is 0. The third-order valence-electron chi connectivity index (χ3n) is 1.97. The van der Waals surface area contributed by atoms with Gasteiger partial charge in [-0.05, 0) is 0 Å². The first-order chi connectivity index (χ1) is 7.56. The highest BCUT2D eigenvalue weighted by Crippen LogP contribution is 2.42. The van der Waals surface area contributed by atoms with Crippen LogP contribution < -0.4 is 9.47 Å². The van der Waals surface area contributed by atoms with Crippen molar-refractivity contribution in [2.45, 2.75) is 0 Å². The van der Waals surface area contributed by atoms with Crippen molar-refractivity contribution < 1.29 is 24.3 Å². The number of ether oxygens (including phenoxy) is 2. The Kier molecular flexibility index (Phi) is 3.29. The van der Waals surface area contributed by atoms with E-state index >= 15 is 0 Å². The Balaban J connectivity index is 3.62. The van der Waals surface area contributed by atoms with Crippen LogP contribution in [0.15, 0.2) is 6.07 Å². The van der Waals surface area contributed by atoms with Gasteiger partial charge in [-0.2, -0.15) is 0 Å². The van der Waals surface area contributed by atoms with Crippen LogP contribution >= 0.6 is 0 Å². The van der Waals surface area contributed by atoms with Gasteiger partial charge in [-0.1, -0.05) is 0 Å². The lowest BCUT2D eigenvalue weighted by atomic mass is 10.1. The Morgan fingerprint density at radius 3 is 2.44 bits per heavy atom. The molecule has 16 heavy (non-hydrogen) atoms. The Labute approximate surface area is 90.4 Å². The van der Waals surface area contributed by atoms with Gasteiger partial charge in [0.1, 0.15) is 5.56 Å². The monoisotopic (exact) mass is 227 g/mol. The normalized spacial score (nSPS) is 9.62. The van der Waals surface area contributed by atoms with Crippen LogP contribution in [0.3, 0.4) is 0 Å². The van der Waals surface area contributed by atoms with Gasteiger partial charge in [0.05, 0.1) is 25.2 Å². The predicted octanol–water partition coefficient (Wildman–Crippen LogP) is 1.13. The van der Waals surface area contributed by atoms with Gasteiger partial charge in [0, 0.05) is 0 Å². The van der Waals surface area contributed by atoms with E-state index in [0.717, 1.165) is 6.07 Å². The molecule has 0 amide bonds. The number of rotatable bonds is 4. The van der Waals surface area contributed by atoms with Gasteiger partial charge in [-0.15, -0.1) is 0 Å². The summed E-state index contributed by atoms with van der Waals surface area (Å²) < 4.78 is 9.43. The number of nitro groups is 1. The average molecular weight is 227 g/mol. The van der Waals surface area contributed by atoms with Crippen molar-refractivity contribution >= 4 is 12.0 Å². The number of carbonyl (C=O) groups excluding carboxylic acids is 1. The maximum absolute atomic E-state index is 10.7. The van der Waals surface area contributed by atoms with Crippen molar-refractivity contribution in [3.8, 4) is 17.2 Å². The SMILES string of the molecule is COc1cc([N+](=O)[O-])c(OC)c(C=O)c1O. The molecule has 0 atom stereocenters. The molecule has 0 spiro atoms. The molecular weight excluding hydrogens is 218 g/mol. The minimum Gasteiger partial charge on any atom is -0.504 e. The Hall–Kier alpha value is -2.31. The first-order valence-corrected chi connectivity index (χ1v) is 4.14. The van der Waals surface area contributed by atoms with Crippen molar-refractivity contribution in [1.29, 1.82) is 0 Å². The fourth-order valence-electron chi connectivity index (χ4n) is 1.25. The molecule has 0 aliphatic heterocycles. The summed E-state index contributed by atoms with van der Waals surface area (Å²) in [4.78, 5) is 20.7. The molecule has 0 fully saturated rings. The molecule has 0 aliphatic rings. The van der Waals surface area contributed by atoms with Gasteiger partial charge in [0.25, 0.3) is 0 Å². The second-order valence-corrected chi connectivity index (χ2v) is 2.77. The molecule has 0 heterocycles. The third kappa shape index (κ3) is 1.74. The van der Waals surface area contributed by atoms with Crippen LogP contribution in [0.1, 0.15) is 10.4 Å². The van der Waals surface area contributed by atoms with Gasteiger partial charge < -0.3 is 14.6 Å². The molecule has 0 saturated heterocycles. The maximum Gasteiger partial charge on any atom is 0.315 e. The molecule has 1 rings (SSSR count). The summed E-state index contributed by atoms with van der Waals surface area (Å²) in [5.41, 5.74) is -0.757. The van der Waals surface area contributed by atoms with E-state index in [1.807, 2.05) is 0 Å². The third-order valence-corrected chi connectivity index (χ3v) is 1.97. The predicted molar refractivity (Wildman–Crippen MR) is 53.3 cm³/mol. The van der Waals surface area contributed by atoms with Gasteiger partial charge in [-0.25, -0.2) is 0 Å². The number of phenols is 1. The number of hydrogen-bond acceptors (Lipinski definition) is 6. The van der Waals surface area contributed by atoms with Crippen molar-refractivity contribution in [1.82, 2.24) is 0 Å². The number of hydrogen-bond donors (Lipinski definition) is 1. The first-order valence-electron chi connectivity index (χ1n) is 4.14. The van der Waals surface area contributed by atoms with Crippen LogP contribution in [0.2, 0.25) is 0 Å². The molecule has 0 aromatic heterocycles. The number of benzene rings is 1. The smallest absolute Gasteiger partial charge is 0.315 e. The first kappa shape index (κ1) is 11.8. The van der Waals surface area contributed by atoms with Crippen molar-refractivity contribution in [2.24, 2.45) is 0 Å². The molecular formula is C9H9NO6. The Morgan fingerprint density at radius 1 is 1.44 bits per heavy atom. The molecule has 7 heteroatoms. The molecule has 1 N–H and O–H groups in total. The van der Waals surface area contributed by atoms with E-state index in [4.69, 9.17) is 9.47 Å². The molecule has 0 bridgehead atoms. The molecule has 1 aromatic rings. The number of nitrogens with zero attached hydrogens (tertiary/aromatic N) is 1. The van der Waals surface area contributed by atoms with Crippen LogP contribution in [0.5, 0.6) is 17.2 Å². The minimum atomic E-state index is -0.728. The van der Waals surface area contributed by atoms with E-state index in [0.29, 0.717) is 0 Å². The number of aldehydes is 1. The molecule has 86 valence electrons. The van der Waals surface area contributed by atoms with Gasteiger partial charge in [0.15, 0.2) is 17.8 Å². The molecule has 0 aliphatic carbocycles. The van der Waals surface area contributed by atoms with E-state index in [9.17, 15) is 20.0 Å². The molecule has 1 aromatic carbocycles. The van der Waals surface area contributed by atoms with E-state index in [2.05, 4.69) is 0 Å². The van der Waals surface area contributed by atoms with Crippen molar-refractivity contribution in [3.63, 3.8) is 0 Å². The Bertz CT molecular complexity index is 442. The number of aromatic hydroxyl groups is 1. The second kappa shape index (κ2) is 4.47. The summed E-state index contributed by atoms with van der Waals surface area (Å²) >= 11 is 0. The number of carbonyl (C=O) groups is 1. The van der Waals surface area contributed by atoms with Crippen LogP contribution in [0.25, 0.3) is 0 Å². The standard InChI is InChI=1S/C9H9NO6/c1-15-7-3-6(10(13)14)9(16-2)5(4-11)8(7)12/h3-4,12H,1-2H3. The molecule has 7 nitrogen and oxygen atoms in total. The zero-order valence-electron chi connectivity index (χ0n) is 8.59. The van der Waals surface area contributed by atoms with Gasteiger partial charge in [-0.3, -0.25) is 14.9 Å². The molecule has 0 radical (unpaired) electrons. The lowest BCUT2D eigenvalue weighted by molar-refractivity contribution is -0.385. The zero-order valence-corrected chi connectivity index (χ0v) is 8.59. The number of methoxy groups -OCH3 is 2. The van der Waals surface area contributed by atoms with Crippen molar-refractivity contribution in [2.75, 3.05) is 14.2 Å². The quantitative estimate of drug-likeness (QED) is 0.470.